The van der Waals surface area contributed by atoms with E-state index in [4.69, 9.17) is 9.57 Å². The van der Waals surface area contributed by atoms with E-state index in [0.29, 0.717) is 0 Å². The molecule has 0 aliphatic carbocycles. The van der Waals surface area contributed by atoms with Crippen molar-refractivity contribution in [1.82, 2.24) is 5.48 Å². The van der Waals surface area contributed by atoms with Gasteiger partial charge in [0.1, 0.15) is 5.75 Å². The van der Waals surface area contributed by atoms with Gasteiger partial charge in [-0.1, -0.05) is 25.1 Å². The Bertz CT molecular complexity index is 338. The quantitative estimate of drug-likeness (QED) is 0.771. The smallest absolute Gasteiger partial charge is 0.127 e. The Balaban J connectivity index is 2.35. The Kier molecular flexibility index (Phi) is 3.23. The van der Waals surface area contributed by atoms with Crippen molar-refractivity contribution in [3.63, 3.8) is 0 Å². The number of rotatable bonds is 3. The van der Waals surface area contributed by atoms with Crippen LogP contribution < -0.4 is 10.2 Å². The molecule has 1 N–H and O–H groups in total. The molecule has 1 aromatic carbocycles. The summed E-state index contributed by atoms with van der Waals surface area (Å²) in [6.45, 7) is 2.90. The topological polar surface area (TPSA) is 30.5 Å². The van der Waals surface area contributed by atoms with Crippen LogP contribution in [0.5, 0.6) is 5.75 Å². The van der Waals surface area contributed by atoms with Gasteiger partial charge in [0.2, 0.25) is 0 Å². The van der Waals surface area contributed by atoms with Crippen LogP contribution in [0.1, 0.15) is 30.5 Å². The molecule has 1 aliphatic heterocycles. The molecule has 0 fully saturated rings. The first-order valence-electron chi connectivity index (χ1n) is 5.40. The number of ether oxygens (including phenoxy) is 1. The highest BCUT2D eigenvalue weighted by Gasteiger charge is 2.22. The van der Waals surface area contributed by atoms with E-state index in [1.54, 1.807) is 7.11 Å². The minimum atomic E-state index is 0.255. The fourth-order valence-electron chi connectivity index (χ4n) is 2.03. The molecule has 3 heteroatoms. The van der Waals surface area contributed by atoms with Gasteiger partial charge >= 0.3 is 0 Å². The molecule has 0 bridgehead atoms. The number of hydroxylamine groups is 1. The van der Waals surface area contributed by atoms with Crippen LogP contribution in [0.25, 0.3) is 0 Å². The zero-order valence-electron chi connectivity index (χ0n) is 9.25. The van der Waals surface area contributed by atoms with Crippen molar-refractivity contribution in [3.05, 3.63) is 29.3 Å². The van der Waals surface area contributed by atoms with E-state index in [9.17, 15) is 0 Å². The molecule has 0 spiro atoms. The summed E-state index contributed by atoms with van der Waals surface area (Å²) in [6, 6.07) is 6.56. The Morgan fingerprint density at radius 1 is 1.53 bits per heavy atom. The Morgan fingerprint density at radius 2 is 2.40 bits per heavy atom. The van der Waals surface area contributed by atoms with Gasteiger partial charge < -0.3 is 9.57 Å². The third-order valence-electron chi connectivity index (χ3n) is 2.80. The van der Waals surface area contributed by atoms with E-state index in [1.807, 2.05) is 0 Å². The number of para-hydroxylation sites is 1. The maximum atomic E-state index is 5.73. The number of nitrogens with one attached hydrogen (secondary N) is 1. The van der Waals surface area contributed by atoms with E-state index < -0.39 is 0 Å². The van der Waals surface area contributed by atoms with Crippen LogP contribution in [0.4, 0.5) is 0 Å². The van der Waals surface area contributed by atoms with Gasteiger partial charge in [0.05, 0.1) is 19.8 Å². The number of hydrogen-bond donors (Lipinski definition) is 1. The molecule has 1 aliphatic rings. The first-order valence-corrected chi connectivity index (χ1v) is 5.40. The summed E-state index contributed by atoms with van der Waals surface area (Å²) >= 11 is 0. The van der Waals surface area contributed by atoms with Crippen molar-refractivity contribution in [3.8, 4) is 5.75 Å². The lowest BCUT2D eigenvalue weighted by molar-refractivity contribution is 0.0461. The average molecular weight is 207 g/mol. The van der Waals surface area contributed by atoms with Crippen molar-refractivity contribution in [2.75, 3.05) is 13.7 Å². The Hall–Kier alpha value is -1.06. The molecule has 0 saturated carbocycles. The Morgan fingerprint density at radius 3 is 3.13 bits per heavy atom. The zero-order chi connectivity index (χ0) is 10.7. The molecule has 0 amide bonds. The fraction of sp³-hybridized carbons (Fsp3) is 0.500. The van der Waals surface area contributed by atoms with Crippen LogP contribution in [-0.2, 0) is 11.3 Å². The van der Waals surface area contributed by atoms with E-state index in [2.05, 4.69) is 30.6 Å². The molecule has 0 radical (unpaired) electrons. The fourth-order valence-corrected chi connectivity index (χ4v) is 2.03. The van der Waals surface area contributed by atoms with Crippen molar-refractivity contribution in [2.24, 2.45) is 0 Å². The second-order valence-electron chi connectivity index (χ2n) is 3.70. The maximum Gasteiger partial charge on any atom is 0.127 e. The highest BCUT2D eigenvalue weighted by molar-refractivity contribution is 5.44. The van der Waals surface area contributed by atoms with E-state index >= 15 is 0 Å². The van der Waals surface area contributed by atoms with Gasteiger partial charge in [-0.15, -0.1) is 0 Å². The van der Waals surface area contributed by atoms with Gasteiger partial charge in [0, 0.05) is 12.0 Å². The highest BCUT2D eigenvalue weighted by atomic mass is 16.6. The molecular weight excluding hydrogens is 190 g/mol. The average Bonchev–Trinajstić information content (AvgIpc) is 2.29. The molecule has 1 aromatic rings. The predicted octanol–water partition coefficient (Wildman–Crippen LogP) is 2.22. The van der Waals surface area contributed by atoms with E-state index in [0.717, 1.165) is 25.2 Å². The minimum Gasteiger partial charge on any atom is -0.493 e. The van der Waals surface area contributed by atoms with Crippen LogP contribution in [-0.4, -0.2) is 13.7 Å². The summed E-state index contributed by atoms with van der Waals surface area (Å²) < 4.78 is 5.73. The highest BCUT2D eigenvalue weighted by Crippen LogP contribution is 2.34. The summed E-state index contributed by atoms with van der Waals surface area (Å²) in [7, 11) is 1.65. The van der Waals surface area contributed by atoms with Gasteiger partial charge in [-0.05, 0) is 12.0 Å². The lowest BCUT2D eigenvalue weighted by Gasteiger charge is -2.27. The number of fused-ring (bicyclic) bond motifs is 1. The van der Waals surface area contributed by atoms with Crippen molar-refractivity contribution in [2.45, 2.75) is 25.8 Å². The van der Waals surface area contributed by atoms with Gasteiger partial charge in [-0.25, -0.2) is 0 Å². The van der Waals surface area contributed by atoms with Crippen LogP contribution >= 0.6 is 0 Å². The molecule has 82 valence electrons. The molecule has 1 unspecified atom stereocenters. The predicted molar refractivity (Wildman–Crippen MR) is 58.8 cm³/mol. The molecule has 1 atom stereocenters. The third-order valence-corrected chi connectivity index (χ3v) is 2.80. The molecule has 1 heterocycles. The van der Waals surface area contributed by atoms with Crippen LogP contribution in [0.15, 0.2) is 18.2 Å². The molecule has 3 nitrogen and oxygen atoms in total. The van der Waals surface area contributed by atoms with Gasteiger partial charge in [0.15, 0.2) is 0 Å². The van der Waals surface area contributed by atoms with E-state index in [1.165, 1.54) is 11.1 Å². The largest absolute Gasteiger partial charge is 0.493 e. The second-order valence-corrected chi connectivity index (χ2v) is 3.70. The summed E-state index contributed by atoms with van der Waals surface area (Å²) in [5.41, 5.74) is 5.50. The van der Waals surface area contributed by atoms with Gasteiger partial charge in [0.25, 0.3) is 0 Å². The summed E-state index contributed by atoms with van der Waals surface area (Å²) in [4.78, 5) is 5.01. The van der Waals surface area contributed by atoms with Crippen molar-refractivity contribution in [1.29, 1.82) is 0 Å². The normalized spacial score (nSPS) is 19.5. The summed E-state index contributed by atoms with van der Waals surface area (Å²) in [5, 5.41) is 0. The first-order chi connectivity index (χ1) is 7.36. The molecular formula is C12H17NO2. The van der Waals surface area contributed by atoms with Gasteiger partial charge in [-0.3, -0.25) is 0 Å². The van der Waals surface area contributed by atoms with Crippen LogP contribution in [0, 0.1) is 0 Å². The third kappa shape index (κ3) is 1.98. The molecule has 0 saturated heterocycles. The standard InChI is InChI=1S/C12H17NO2/c1-3-9-5-4-6-10-11(13-14-2)7-8-15-12(9)10/h4-6,11,13H,3,7-8H2,1-2H3. The second kappa shape index (κ2) is 4.64. The maximum absolute atomic E-state index is 5.73. The number of aryl methyl sites for hydroxylation is 1. The van der Waals surface area contributed by atoms with Gasteiger partial charge in [-0.2, -0.15) is 5.48 Å². The monoisotopic (exact) mass is 207 g/mol. The molecule has 0 aromatic heterocycles. The van der Waals surface area contributed by atoms with Crippen LogP contribution in [0.3, 0.4) is 0 Å². The molecule has 15 heavy (non-hydrogen) atoms. The lowest BCUT2D eigenvalue weighted by atomic mass is 9.97. The van der Waals surface area contributed by atoms with E-state index in [-0.39, 0.29) is 6.04 Å². The van der Waals surface area contributed by atoms with Crippen molar-refractivity contribution >= 4 is 0 Å². The first kappa shape index (κ1) is 10.5. The SMILES string of the molecule is CCc1cccc2c1OCCC2NOC. The Labute approximate surface area is 90.3 Å². The number of benzene rings is 1. The molecule has 2 rings (SSSR count). The zero-order valence-corrected chi connectivity index (χ0v) is 9.25. The summed E-state index contributed by atoms with van der Waals surface area (Å²) in [6.07, 6.45) is 1.96. The van der Waals surface area contributed by atoms with Crippen molar-refractivity contribution < 1.29 is 9.57 Å². The lowest BCUT2D eigenvalue weighted by Crippen LogP contribution is -2.26. The number of hydrogen-bond acceptors (Lipinski definition) is 3. The summed E-state index contributed by atoms with van der Waals surface area (Å²) in [5.74, 6) is 1.04. The minimum absolute atomic E-state index is 0.255. The van der Waals surface area contributed by atoms with Crippen LogP contribution in [0.2, 0.25) is 0 Å².